The van der Waals surface area contributed by atoms with Crippen LogP contribution in [0.1, 0.15) is 27.7 Å². The van der Waals surface area contributed by atoms with Gasteiger partial charge in [0, 0.05) is 10.4 Å². The third-order valence-corrected chi connectivity index (χ3v) is 5.97. The van der Waals surface area contributed by atoms with Gasteiger partial charge in [-0.1, -0.05) is 42.5 Å². The highest BCUT2D eigenvalue weighted by molar-refractivity contribution is 7.16. The Morgan fingerprint density at radius 1 is 1.07 bits per heavy atom. The van der Waals surface area contributed by atoms with Crippen LogP contribution in [-0.4, -0.2) is 26.9 Å². The molecular weight excluding hydrogens is 388 g/mol. The first kappa shape index (κ1) is 18.9. The van der Waals surface area contributed by atoms with E-state index in [2.05, 4.69) is 4.98 Å². The van der Waals surface area contributed by atoms with Gasteiger partial charge in [-0.05, 0) is 31.5 Å². The second-order valence-electron chi connectivity index (χ2n) is 6.77. The number of anilines is 1. The smallest absolute Gasteiger partial charge is 0.301 e. The van der Waals surface area contributed by atoms with E-state index in [1.54, 1.807) is 42.5 Å². The molecule has 1 aromatic heterocycles. The van der Waals surface area contributed by atoms with Crippen LogP contribution < -0.4 is 4.90 Å². The second-order valence-corrected chi connectivity index (χ2v) is 7.95. The van der Waals surface area contributed by atoms with Crippen LogP contribution in [0.3, 0.4) is 0 Å². The fourth-order valence-corrected chi connectivity index (χ4v) is 4.29. The lowest BCUT2D eigenvalue weighted by Gasteiger charge is -2.23. The lowest BCUT2D eigenvalue weighted by atomic mass is 9.95. The van der Waals surface area contributed by atoms with Gasteiger partial charge in [-0.15, -0.1) is 11.3 Å². The van der Waals surface area contributed by atoms with E-state index < -0.39 is 17.7 Å². The van der Waals surface area contributed by atoms with Gasteiger partial charge in [0.25, 0.3) is 5.78 Å². The van der Waals surface area contributed by atoms with Gasteiger partial charge in [-0.3, -0.25) is 14.5 Å². The zero-order valence-corrected chi connectivity index (χ0v) is 16.6. The van der Waals surface area contributed by atoms with Crippen molar-refractivity contribution in [2.24, 2.45) is 0 Å². The zero-order chi connectivity index (χ0) is 20.7. The van der Waals surface area contributed by atoms with Crippen molar-refractivity contribution in [3.63, 3.8) is 0 Å². The molecule has 29 heavy (non-hydrogen) atoms. The molecule has 2 heterocycles. The van der Waals surface area contributed by atoms with Gasteiger partial charge in [0.2, 0.25) is 0 Å². The van der Waals surface area contributed by atoms with Crippen LogP contribution in [0.2, 0.25) is 0 Å². The minimum atomic E-state index is -0.896. The number of carbonyl (C=O) groups is 2. The third-order valence-electron chi connectivity index (χ3n) is 4.90. The normalized spacial score (nSPS) is 18.4. The first-order chi connectivity index (χ1) is 13.9. The Kier molecular flexibility index (Phi) is 4.68. The summed E-state index contributed by atoms with van der Waals surface area (Å²) < 4.78 is 0. The SMILES string of the molecule is Cc1nc(N2C(=O)C(=O)C(=C(O)c3ccccc3)[C@H]2c2cccc(O)c2)sc1C. The summed E-state index contributed by atoms with van der Waals surface area (Å²) in [6.07, 6.45) is 0. The minimum Gasteiger partial charge on any atom is -0.508 e. The summed E-state index contributed by atoms with van der Waals surface area (Å²) in [7, 11) is 0. The zero-order valence-electron chi connectivity index (χ0n) is 15.8. The Balaban J connectivity index is 1.97. The molecule has 7 heteroatoms. The van der Waals surface area contributed by atoms with E-state index >= 15 is 0 Å². The highest BCUT2D eigenvalue weighted by Gasteiger charge is 2.48. The predicted octanol–water partition coefficient (Wildman–Crippen LogP) is 4.09. The molecule has 0 saturated carbocycles. The standard InChI is InChI=1S/C22H18N2O4S/c1-12-13(2)29-22(23-12)24-18(15-9-6-10-16(25)11-15)17(20(27)21(24)28)19(26)14-7-4-3-5-8-14/h3-11,18,25-26H,1-2H3/t18-/m1/s1. The molecule has 0 spiro atoms. The average molecular weight is 406 g/mol. The molecule has 2 N–H and O–H groups in total. The highest BCUT2D eigenvalue weighted by Crippen LogP contribution is 2.44. The summed E-state index contributed by atoms with van der Waals surface area (Å²) in [4.78, 5) is 32.6. The van der Waals surface area contributed by atoms with Crippen molar-refractivity contribution >= 4 is 33.9 Å². The van der Waals surface area contributed by atoms with E-state index in [1.165, 1.54) is 28.4 Å². The predicted molar refractivity (Wildman–Crippen MR) is 111 cm³/mol. The Morgan fingerprint density at radius 2 is 1.79 bits per heavy atom. The number of ketones is 1. The number of aryl methyl sites for hydroxylation is 2. The molecule has 1 aliphatic heterocycles. The van der Waals surface area contributed by atoms with E-state index in [4.69, 9.17) is 0 Å². The Labute approximate surface area is 171 Å². The molecule has 0 bridgehead atoms. The number of nitrogens with zero attached hydrogens (tertiary/aromatic N) is 2. The van der Waals surface area contributed by atoms with Crippen molar-refractivity contribution in [3.8, 4) is 5.75 Å². The summed E-state index contributed by atoms with van der Waals surface area (Å²) in [6.45, 7) is 3.72. The molecule has 1 aliphatic rings. The molecular formula is C22H18N2O4S. The fourth-order valence-electron chi connectivity index (χ4n) is 3.35. The van der Waals surface area contributed by atoms with Crippen molar-refractivity contribution in [1.29, 1.82) is 0 Å². The first-order valence-electron chi connectivity index (χ1n) is 8.98. The van der Waals surface area contributed by atoms with Crippen LogP contribution >= 0.6 is 11.3 Å². The van der Waals surface area contributed by atoms with Gasteiger partial charge in [0.1, 0.15) is 11.5 Å². The van der Waals surface area contributed by atoms with E-state index in [-0.39, 0.29) is 17.1 Å². The number of aliphatic hydroxyl groups is 1. The Bertz CT molecular complexity index is 1130. The monoisotopic (exact) mass is 406 g/mol. The number of benzene rings is 2. The average Bonchev–Trinajstić information content (AvgIpc) is 3.18. The molecule has 0 unspecified atom stereocenters. The first-order valence-corrected chi connectivity index (χ1v) is 9.79. The molecule has 1 amide bonds. The summed E-state index contributed by atoms with van der Waals surface area (Å²) in [5.74, 6) is -1.81. The largest absolute Gasteiger partial charge is 0.508 e. The van der Waals surface area contributed by atoms with Gasteiger partial charge >= 0.3 is 5.91 Å². The molecule has 146 valence electrons. The molecule has 0 aliphatic carbocycles. The number of rotatable bonds is 3. The Morgan fingerprint density at radius 3 is 2.41 bits per heavy atom. The molecule has 4 rings (SSSR count). The maximum Gasteiger partial charge on any atom is 0.301 e. The van der Waals surface area contributed by atoms with E-state index in [9.17, 15) is 19.8 Å². The van der Waals surface area contributed by atoms with Gasteiger partial charge in [0.15, 0.2) is 5.13 Å². The number of aromatic hydroxyl groups is 1. The summed E-state index contributed by atoms with van der Waals surface area (Å²) in [5.41, 5.74) is 1.68. The van der Waals surface area contributed by atoms with Crippen LogP contribution in [0, 0.1) is 13.8 Å². The Hall–Kier alpha value is -3.45. The van der Waals surface area contributed by atoms with Gasteiger partial charge in [-0.2, -0.15) is 0 Å². The summed E-state index contributed by atoms with van der Waals surface area (Å²) >= 11 is 1.30. The van der Waals surface area contributed by atoms with Crippen molar-refractivity contribution in [2.75, 3.05) is 4.90 Å². The molecule has 1 atom stereocenters. The number of hydrogen-bond acceptors (Lipinski definition) is 6. The number of phenols is 1. The number of aliphatic hydroxyl groups excluding tert-OH is 1. The van der Waals surface area contributed by atoms with Crippen LogP contribution in [0.25, 0.3) is 5.76 Å². The molecule has 1 fully saturated rings. The van der Waals surface area contributed by atoms with E-state index in [1.807, 2.05) is 13.8 Å². The van der Waals surface area contributed by atoms with E-state index in [0.29, 0.717) is 16.3 Å². The number of phenolic OH excluding ortho intramolecular Hbond substituents is 1. The van der Waals surface area contributed by atoms with Gasteiger partial charge in [-0.25, -0.2) is 4.98 Å². The number of carbonyl (C=O) groups excluding carboxylic acids is 2. The topological polar surface area (TPSA) is 90.7 Å². The van der Waals surface area contributed by atoms with Crippen molar-refractivity contribution < 1.29 is 19.8 Å². The maximum absolute atomic E-state index is 13.0. The number of amides is 1. The minimum absolute atomic E-state index is 0.000649. The van der Waals surface area contributed by atoms with Crippen molar-refractivity contribution in [1.82, 2.24) is 4.98 Å². The fraction of sp³-hybridized carbons (Fsp3) is 0.136. The molecule has 2 aromatic carbocycles. The third kappa shape index (κ3) is 3.19. The molecule has 3 aromatic rings. The maximum atomic E-state index is 13.0. The van der Waals surface area contributed by atoms with Crippen LogP contribution in [0.4, 0.5) is 5.13 Å². The number of thiazole rings is 1. The van der Waals surface area contributed by atoms with Crippen LogP contribution in [-0.2, 0) is 9.59 Å². The number of hydrogen-bond donors (Lipinski definition) is 2. The van der Waals surface area contributed by atoms with Crippen molar-refractivity contribution in [2.45, 2.75) is 19.9 Å². The molecule has 0 radical (unpaired) electrons. The lowest BCUT2D eigenvalue weighted by Crippen LogP contribution is -2.29. The molecule has 6 nitrogen and oxygen atoms in total. The highest BCUT2D eigenvalue weighted by atomic mass is 32.1. The summed E-state index contributed by atoms with van der Waals surface area (Å²) in [6, 6.07) is 14.0. The lowest BCUT2D eigenvalue weighted by molar-refractivity contribution is -0.132. The molecule has 1 saturated heterocycles. The van der Waals surface area contributed by atoms with E-state index in [0.717, 1.165) is 10.6 Å². The summed E-state index contributed by atoms with van der Waals surface area (Å²) in [5, 5.41) is 21.3. The number of aromatic nitrogens is 1. The van der Waals surface area contributed by atoms with Crippen LogP contribution in [0.5, 0.6) is 5.75 Å². The second kappa shape index (κ2) is 7.18. The number of Topliss-reactive ketones (excluding diaryl/α,β-unsaturated/α-hetero) is 1. The van der Waals surface area contributed by atoms with Gasteiger partial charge in [0.05, 0.1) is 17.3 Å². The van der Waals surface area contributed by atoms with Gasteiger partial charge < -0.3 is 10.2 Å². The van der Waals surface area contributed by atoms with Crippen molar-refractivity contribution in [3.05, 3.63) is 81.9 Å². The van der Waals surface area contributed by atoms with Crippen LogP contribution in [0.15, 0.2) is 60.2 Å². The quantitative estimate of drug-likeness (QED) is 0.388.